The van der Waals surface area contributed by atoms with Crippen LogP contribution in [-0.4, -0.2) is 15.5 Å². The Morgan fingerprint density at radius 3 is 2.52 bits per heavy atom. The van der Waals surface area contributed by atoms with E-state index in [1.165, 1.54) is 43.4 Å². The van der Waals surface area contributed by atoms with Gasteiger partial charge in [0.15, 0.2) is 0 Å². The minimum Gasteiger partial charge on any atom is -0.398 e. The number of hydrogen-bond donors (Lipinski definition) is 3. The maximum absolute atomic E-state index is 13.2. The SMILES string of the molecule is CNS(=O)(=O)c1ccc(Nc2cc(F)ccc2Cl)cc1N. The van der Waals surface area contributed by atoms with Gasteiger partial charge in [-0.25, -0.2) is 17.5 Å². The zero-order chi connectivity index (χ0) is 15.6. The Morgan fingerprint density at radius 1 is 1.19 bits per heavy atom. The van der Waals surface area contributed by atoms with Crippen LogP contribution in [0.15, 0.2) is 41.3 Å². The maximum atomic E-state index is 13.2. The molecule has 0 amide bonds. The Hall–Kier alpha value is -1.83. The Morgan fingerprint density at radius 2 is 1.90 bits per heavy atom. The van der Waals surface area contributed by atoms with Crippen LogP contribution in [0.1, 0.15) is 0 Å². The first-order chi connectivity index (χ1) is 9.83. The van der Waals surface area contributed by atoms with Crippen LogP contribution in [-0.2, 0) is 10.0 Å². The highest BCUT2D eigenvalue weighted by molar-refractivity contribution is 7.89. The lowest BCUT2D eigenvalue weighted by molar-refractivity contribution is 0.588. The number of nitrogens with two attached hydrogens (primary N) is 1. The smallest absolute Gasteiger partial charge is 0.242 e. The van der Waals surface area contributed by atoms with Crippen molar-refractivity contribution in [2.75, 3.05) is 18.1 Å². The van der Waals surface area contributed by atoms with Crippen molar-refractivity contribution in [3.05, 3.63) is 47.2 Å². The van der Waals surface area contributed by atoms with Crippen molar-refractivity contribution >= 4 is 38.7 Å². The molecule has 2 rings (SSSR count). The van der Waals surface area contributed by atoms with Crippen molar-refractivity contribution < 1.29 is 12.8 Å². The van der Waals surface area contributed by atoms with Crippen molar-refractivity contribution in [2.45, 2.75) is 4.90 Å². The number of halogens is 2. The van der Waals surface area contributed by atoms with Crippen molar-refractivity contribution in [3.8, 4) is 0 Å². The molecule has 0 aliphatic carbocycles. The lowest BCUT2D eigenvalue weighted by atomic mass is 10.2. The molecular weight excluding hydrogens is 317 g/mol. The molecule has 0 heterocycles. The third-order valence-electron chi connectivity index (χ3n) is 2.78. The number of sulfonamides is 1. The van der Waals surface area contributed by atoms with Crippen LogP contribution in [0.4, 0.5) is 21.5 Å². The third-order valence-corrected chi connectivity index (χ3v) is 4.59. The largest absolute Gasteiger partial charge is 0.398 e. The second-order valence-corrected chi connectivity index (χ2v) is 6.47. The molecule has 0 aliphatic heterocycles. The molecule has 0 aromatic heterocycles. The average molecular weight is 330 g/mol. The third kappa shape index (κ3) is 3.44. The fourth-order valence-corrected chi connectivity index (χ4v) is 2.73. The normalized spacial score (nSPS) is 11.4. The molecule has 0 unspecified atom stereocenters. The van der Waals surface area contributed by atoms with E-state index in [1.807, 2.05) is 0 Å². The van der Waals surface area contributed by atoms with Gasteiger partial charge in [0.1, 0.15) is 10.7 Å². The average Bonchev–Trinajstić information content (AvgIpc) is 2.43. The zero-order valence-corrected chi connectivity index (χ0v) is 12.6. The van der Waals surface area contributed by atoms with Crippen molar-refractivity contribution in [1.29, 1.82) is 0 Å². The number of anilines is 3. The fraction of sp³-hybridized carbons (Fsp3) is 0.0769. The number of nitrogens with one attached hydrogen (secondary N) is 2. The predicted octanol–water partition coefficient (Wildman–Crippen LogP) is 2.71. The molecular formula is C13H13ClFN3O2S. The van der Waals surface area contributed by atoms with E-state index in [9.17, 15) is 12.8 Å². The molecule has 2 aromatic rings. The van der Waals surface area contributed by atoms with Crippen molar-refractivity contribution in [3.63, 3.8) is 0 Å². The van der Waals surface area contributed by atoms with E-state index in [1.54, 1.807) is 0 Å². The van der Waals surface area contributed by atoms with Crippen LogP contribution in [0.3, 0.4) is 0 Å². The molecule has 4 N–H and O–H groups in total. The Bertz CT molecular complexity index is 781. The molecule has 0 atom stereocenters. The molecule has 5 nitrogen and oxygen atoms in total. The van der Waals surface area contributed by atoms with E-state index in [0.29, 0.717) is 16.4 Å². The minimum atomic E-state index is -3.62. The van der Waals surface area contributed by atoms with Crippen LogP contribution >= 0.6 is 11.6 Å². The molecule has 21 heavy (non-hydrogen) atoms. The summed E-state index contributed by atoms with van der Waals surface area (Å²) in [6.07, 6.45) is 0. The van der Waals surface area contributed by atoms with Gasteiger partial charge < -0.3 is 11.1 Å². The van der Waals surface area contributed by atoms with E-state index in [-0.39, 0.29) is 10.6 Å². The van der Waals surface area contributed by atoms with Crippen molar-refractivity contribution in [1.82, 2.24) is 4.72 Å². The summed E-state index contributed by atoms with van der Waals surface area (Å²) in [6.45, 7) is 0. The fourth-order valence-electron chi connectivity index (χ4n) is 1.73. The quantitative estimate of drug-likeness (QED) is 0.753. The summed E-state index contributed by atoms with van der Waals surface area (Å²) in [7, 11) is -2.32. The second-order valence-electron chi connectivity index (χ2n) is 4.21. The first kappa shape index (κ1) is 15.6. The minimum absolute atomic E-state index is 0.0270. The predicted molar refractivity (Wildman–Crippen MR) is 81.8 cm³/mol. The summed E-state index contributed by atoms with van der Waals surface area (Å²) in [5.41, 5.74) is 6.67. The first-order valence-electron chi connectivity index (χ1n) is 5.88. The summed E-state index contributed by atoms with van der Waals surface area (Å²) >= 11 is 5.95. The molecule has 0 fully saturated rings. The number of nitrogen functional groups attached to an aromatic ring is 1. The summed E-state index contributed by atoms with van der Waals surface area (Å²) in [5, 5.41) is 3.22. The summed E-state index contributed by atoms with van der Waals surface area (Å²) < 4.78 is 38.8. The van der Waals surface area contributed by atoms with Crippen LogP contribution in [0.5, 0.6) is 0 Å². The van der Waals surface area contributed by atoms with Gasteiger partial charge in [0.2, 0.25) is 10.0 Å². The van der Waals surface area contributed by atoms with Gasteiger partial charge in [-0.2, -0.15) is 0 Å². The van der Waals surface area contributed by atoms with E-state index in [2.05, 4.69) is 10.0 Å². The highest BCUT2D eigenvalue weighted by Gasteiger charge is 2.15. The maximum Gasteiger partial charge on any atom is 0.242 e. The zero-order valence-electron chi connectivity index (χ0n) is 11.0. The van der Waals surface area contributed by atoms with Gasteiger partial charge in [-0.3, -0.25) is 0 Å². The molecule has 112 valence electrons. The monoisotopic (exact) mass is 329 g/mol. The highest BCUT2D eigenvalue weighted by atomic mass is 35.5. The van der Waals surface area contributed by atoms with E-state index < -0.39 is 15.8 Å². The van der Waals surface area contributed by atoms with Crippen molar-refractivity contribution in [2.24, 2.45) is 0 Å². The molecule has 2 aromatic carbocycles. The second kappa shape index (κ2) is 5.88. The van der Waals surface area contributed by atoms with Crippen LogP contribution in [0, 0.1) is 5.82 Å². The Balaban J connectivity index is 2.35. The van der Waals surface area contributed by atoms with Gasteiger partial charge in [0.05, 0.1) is 16.4 Å². The highest BCUT2D eigenvalue weighted by Crippen LogP contribution is 2.29. The molecule has 0 bridgehead atoms. The van der Waals surface area contributed by atoms with Gasteiger partial charge in [-0.15, -0.1) is 0 Å². The standard InChI is InChI=1S/C13H13ClFN3O2S/c1-17-21(19,20)13-5-3-9(7-11(13)16)18-12-6-8(15)2-4-10(12)14/h2-7,17-18H,16H2,1H3. The lowest BCUT2D eigenvalue weighted by Gasteiger charge is -2.11. The summed E-state index contributed by atoms with van der Waals surface area (Å²) in [4.78, 5) is -0.0270. The number of rotatable bonds is 4. The summed E-state index contributed by atoms with van der Waals surface area (Å²) in [6, 6.07) is 8.20. The van der Waals surface area contributed by atoms with E-state index in [4.69, 9.17) is 17.3 Å². The molecule has 8 heteroatoms. The molecule has 0 spiro atoms. The van der Waals surface area contributed by atoms with E-state index in [0.717, 1.165) is 0 Å². The van der Waals surface area contributed by atoms with E-state index >= 15 is 0 Å². The Kier molecular flexibility index (Phi) is 4.36. The molecule has 0 saturated carbocycles. The number of hydrogen-bond acceptors (Lipinski definition) is 4. The van der Waals surface area contributed by atoms with Gasteiger partial charge in [-0.1, -0.05) is 11.6 Å². The van der Waals surface area contributed by atoms with Gasteiger partial charge in [-0.05, 0) is 43.4 Å². The van der Waals surface area contributed by atoms with Crippen LogP contribution in [0.25, 0.3) is 0 Å². The number of benzene rings is 2. The lowest BCUT2D eigenvalue weighted by Crippen LogP contribution is -2.19. The van der Waals surface area contributed by atoms with Gasteiger partial charge >= 0.3 is 0 Å². The van der Waals surface area contributed by atoms with Crippen LogP contribution in [0.2, 0.25) is 5.02 Å². The molecule has 0 aliphatic rings. The topological polar surface area (TPSA) is 84.2 Å². The first-order valence-corrected chi connectivity index (χ1v) is 7.75. The van der Waals surface area contributed by atoms with Gasteiger partial charge in [0.25, 0.3) is 0 Å². The molecule has 0 radical (unpaired) electrons. The summed E-state index contributed by atoms with van der Waals surface area (Å²) in [5.74, 6) is -0.441. The molecule has 0 saturated heterocycles. The van der Waals surface area contributed by atoms with Crippen LogP contribution < -0.4 is 15.8 Å². The van der Waals surface area contributed by atoms with Gasteiger partial charge in [0, 0.05) is 5.69 Å². The Labute approximate surface area is 127 Å².